The van der Waals surface area contributed by atoms with E-state index >= 15 is 0 Å². The molecule has 2 N–H and O–H groups in total. The van der Waals surface area contributed by atoms with Gasteiger partial charge in [-0.25, -0.2) is 9.59 Å². The van der Waals surface area contributed by atoms with Crippen molar-refractivity contribution in [2.24, 2.45) is 17.3 Å². The number of hydrogen-bond acceptors (Lipinski definition) is 5. The van der Waals surface area contributed by atoms with Crippen molar-refractivity contribution in [3.05, 3.63) is 89.5 Å². The highest BCUT2D eigenvalue weighted by Crippen LogP contribution is 2.65. The molecule has 8 rings (SSSR count). The molecule has 3 aromatic carbocycles. The lowest BCUT2D eigenvalue weighted by atomic mass is 9.43. The Bertz CT molecular complexity index is 1490. The Morgan fingerprint density at radius 2 is 1.62 bits per heavy atom. The van der Waals surface area contributed by atoms with Gasteiger partial charge in [0, 0.05) is 12.3 Å². The topological polar surface area (TPSA) is 94.1 Å². The third-order valence-corrected chi connectivity index (χ3v) is 10.6. The Kier molecular flexibility index (Phi) is 6.48. The molecule has 8 heteroatoms. The van der Waals surface area contributed by atoms with Gasteiger partial charge in [-0.05, 0) is 70.3 Å². The molecule has 0 unspecified atom stereocenters. The van der Waals surface area contributed by atoms with Crippen molar-refractivity contribution in [3.8, 4) is 11.1 Å². The first-order valence-electron chi connectivity index (χ1n) is 14.9. The number of carbonyl (C=O) groups is 2. The number of carboxylic acids is 1. The van der Waals surface area contributed by atoms with E-state index in [4.69, 9.17) is 14.0 Å². The fourth-order valence-electron chi connectivity index (χ4n) is 8.04. The van der Waals surface area contributed by atoms with Gasteiger partial charge in [-0.2, -0.15) is 0 Å². The van der Waals surface area contributed by atoms with Gasteiger partial charge in [0.05, 0.1) is 11.7 Å². The van der Waals surface area contributed by atoms with Crippen molar-refractivity contribution in [1.82, 2.24) is 5.32 Å². The normalized spacial score (nSPS) is 27.3. The van der Waals surface area contributed by atoms with Crippen molar-refractivity contribution >= 4 is 24.6 Å². The smallest absolute Gasteiger partial charge is 0.480 e. The molecule has 3 saturated carbocycles. The Labute approximate surface area is 246 Å². The summed E-state index contributed by atoms with van der Waals surface area (Å²) in [6.45, 7) is 7.00. The third-order valence-electron chi connectivity index (χ3n) is 10.6. The van der Waals surface area contributed by atoms with Crippen LogP contribution in [0.4, 0.5) is 4.79 Å². The quantitative estimate of drug-likeness (QED) is 0.385. The summed E-state index contributed by atoms with van der Waals surface area (Å²) in [6.07, 6.45) is 1.70. The number of fused-ring (bicyclic) bond motifs is 3. The minimum Gasteiger partial charge on any atom is -0.480 e. The van der Waals surface area contributed by atoms with Crippen molar-refractivity contribution in [1.29, 1.82) is 0 Å². The van der Waals surface area contributed by atoms with Gasteiger partial charge >= 0.3 is 19.2 Å². The van der Waals surface area contributed by atoms with Gasteiger partial charge < -0.3 is 24.5 Å². The molecule has 0 spiro atoms. The Morgan fingerprint density at radius 3 is 2.24 bits per heavy atom. The minimum absolute atomic E-state index is 0.0942. The van der Waals surface area contributed by atoms with E-state index in [2.05, 4.69) is 38.2 Å². The summed E-state index contributed by atoms with van der Waals surface area (Å²) in [5, 5.41) is 12.4. The van der Waals surface area contributed by atoms with Crippen LogP contribution >= 0.6 is 0 Å². The molecule has 2 bridgehead atoms. The molecule has 3 aromatic rings. The molecule has 0 aromatic heterocycles. The number of aliphatic carboxylic acids is 1. The maximum atomic E-state index is 12.8. The van der Waals surface area contributed by atoms with Gasteiger partial charge in [0.2, 0.25) is 0 Å². The van der Waals surface area contributed by atoms with E-state index in [9.17, 15) is 14.7 Å². The summed E-state index contributed by atoms with van der Waals surface area (Å²) in [5.41, 5.74) is 6.17. The van der Waals surface area contributed by atoms with Gasteiger partial charge in [-0.1, -0.05) is 86.6 Å². The lowest BCUT2D eigenvalue weighted by Gasteiger charge is -2.64. The minimum atomic E-state index is -1.12. The van der Waals surface area contributed by atoms with Crippen LogP contribution in [0, 0.1) is 17.3 Å². The van der Waals surface area contributed by atoms with Crippen LogP contribution in [0.15, 0.2) is 72.8 Å². The van der Waals surface area contributed by atoms with Gasteiger partial charge in [0.1, 0.15) is 12.6 Å². The van der Waals surface area contributed by atoms with E-state index in [0.717, 1.165) is 39.7 Å². The molecule has 7 nitrogen and oxygen atoms in total. The van der Waals surface area contributed by atoms with Crippen molar-refractivity contribution in [2.75, 3.05) is 6.61 Å². The number of rotatable bonds is 7. The van der Waals surface area contributed by atoms with E-state index in [0.29, 0.717) is 11.8 Å². The van der Waals surface area contributed by atoms with Gasteiger partial charge in [-0.3, -0.25) is 0 Å². The number of amides is 1. The summed E-state index contributed by atoms with van der Waals surface area (Å²) < 4.78 is 18.5. The van der Waals surface area contributed by atoms with Crippen LogP contribution < -0.4 is 10.8 Å². The molecule has 1 aliphatic heterocycles. The van der Waals surface area contributed by atoms with Crippen molar-refractivity contribution < 1.29 is 28.7 Å². The fourth-order valence-corrected chi connectivity index (χ4v) is 8.04. The summed E-state index contributed by atoms with van der Waals surface area (Å²) in [7, 11) is -0.432. The van der Waals surface area contributed by atoms with Crippen LogP contribution in [0.1, 0.15) is 56.2 Å². The summed E-state index contributed by atoms with van der Waals surface area (Å²) in [5.74, 6) is -0.0452. The first kappa shape index (κ1) is 27.2. The zero-order valence-corrected chi connectivity index (χ0v) is 24.2. The van der Waals surface area contributed by atoms with E-state index < -0.39 is 25.2 Å². The Morgan fingerprint density at radius 1 is 0.976 bits per heavy atom. The van der Waals surface area contributed by atoms with E-state index in [1.165, 1.54) is 6.42 Å². The second-order valence-corrected chi connectivity index (χ2v) is 13.1. The van der Waals surface area contributed by atoms with E-state index in [-0.39, 0.29) is 36.1 Å². The zero-order valence-electron chi connectivity index (χ0n) is 24.2. The number of carboxylic acid groups (broad SMARTS) is 1. The SMILES string of the molecule is CC1(C)[C@@H]2C[C@H]3OB(c4ccc(C[C@H](NC(=O)OCC5c6ccccc6-c6ccccc65)C(=O)O)cc4)O[C@@]3(C)[C@H]1C2. The van der Waals surface area contributed by atoms with Crippen LogP contribution in [0.2, 0.25) is 0 Å². The predicted octanol–water partition coefficient (Wildman–Crippen LogP) is 5.16. The molecule has 42 heavy (non-hydrogen) atoms. The van der Waals surface area contributed by atoms with E-state index in [1.54, 1.807) is 0 Å². The standard InChI is InChI=1S/C34H36BNO6/c1-33(2)21-17-29(33)34(3)30(18-21)41-35(42-34)22-14-12-20(13-15-22)16-28(31(37)38)36-32(39)40-19-27-25-10-6-4-8-23(25)24-9-5-7-11-26(24)27/h4-15,21,27-30H,16-19H2,1-3H3,(H,36,39)(H,37,38)/t21-,28-,29-,30+,34-/m0/s1. The highest BCUT2D eigenvalue weighted by atomic mass is 16.7. The molecule has 216 valence electrons. The molecule has 0 radical (unpaired) electrons. The average molecular weight is 565 g/mol. The van der Waals surface area contributed by atoms with Gasteiger partial charge in [0.15, 0.2) is 0 Å². The fraction of sp³-hybridized carbons (Fsp3) is 0.412. The lowest BCUT2D eigenvalue weighted by Crippen LogP contribution is -2.65. The highest BCUT2D eigenvalue weighted by molar-refractivity contribution is 6.62. The first-order valence-corrected chi connectivity index (χ1v) is 14.9. The highest BCUT2D eigenvalue weighted by Gasteiger charge is 2.68. The first-order chi connectivity index (χ1) is 20.1. The molecule has 5 aliphatic rings. The molecular formula is C34H36BNO6. The maximum Gasteiger partial charge on any atom is 0.494 e. The molecular weight excluding hydrogens is 529 g/mol. The molecule has 5 atom stereocenters. The molecule has 1 heterocycles. The number of alkyl carbamates (subject to hydrolysis) is 1. The summed E-state index contributed by atoms with van der Waals surface area (Å²) in [4.78, 5) is 24.8. The maximum absolute atomic E-state index is 12.8. The van der Waals surface area contributed by atoms with Crippen molar-refractivity contribution in [2.45, 2.75) is 63.7 Å². The van der Waals surface area contributed by atoms with Crippen LogP contribution in [-0.4, -0.2) is 48.6 Å². The number of ether oxygens (including phenoxy) is 1. The molecule has 1 amide bonds. The van der Waals surface area contributed by atoms with Crippen LogP contribution in [0.25, 0.3) is 11.1 Å². The predicted molar refractivity (Wildman–Crippen MR) is 160 cm³/mol. The van der Waals surface area contributed by atoms with Crippen molar-refractivity contribution in [3.63, 3.8) is 0 Å². The zero-order chi connectivity index (χ0) is 29.2. The number of hydrogen-bond donors (Lipinski definition) is 2. The number of carbonyl (C=O) groups excluding carboxylic acids is 1. The third kappa shape index (κ3) is 4.35. The monoisotopic (exact) mass is 565 g/mol. The number of nitrogens with one attached hydrogen (secondary N) is 1. The van der Waals surface area contributed by atoms with Gasteiger partial charge in [0.25, 0.3) is 0 Å². The lowest BCUT2D eigenvalue weighted by molar-refractivity contribution is -0.199. The van der Waals surface area contributed by atoms with Crippen LogP contribution in [0.3, 0.4) is 0 Å². The molecule has 1 saturated heterocycles. The summed E-state index contributed by atoms with van der Waals surface area (Å²) >= 11 is 0. The van der Waals surface area contributed by atoms with E-state index in [1.807, 2.05) is 60.7 Å². The Balaban J connectivity index is 0.973. The Hall–Kier alpha value is -3.62. The average Bonchev–Trinajstić information content (AvgIpc) is 3.50. The molecule has 4 fully saturated rings. The number of benzene rings is 3. The molecule has 4 aliphatic carbocycles. The van der Waals surface area contributed by atoms with Crippen LogP contribution in [-0.2, 0) is 25.3 Å². The largest absolute Gasteiger partial charge is 0.494 e. The van der Waals surface area contributed by atoms with Crippen LogP contribution in [0.5, 0.6) is 0 Å². The second kappa shape index (κ2) is 9.99. The second-order valence-electron chi connectivity index (χ2n) is 13.1. The van der Waals surface area contributed by atoms with Gasteiger partial charge in [-0.15, -0.1) is 0 Å². The summed E-state index contributed by atoms with van der Waals surface area (Å²) in [6, 6.07) is 22.7.